The number of hydrogen-bond acceptors (Lipinski definition) is 7. The lowest BCUT2D eigenvalue weighted by Gasteiger charge is -2.34. The lowest BCUT2D eigenvalue weighted by Crippen LogP contribution is -2.49. The highest BCUT2D eigenvalue weighted by Gasteiger charge is 2.26. The molecule has 10 heteroatoms. The largest absolute Gasteiger partial charge is 0.354 e. The van der Waals surface area contributed by atoms with E-state index in [1.54, 1.807) is 12.4 Å². The van der Waals surface area contributed by atoms with E-state index in [0.29, 0.717) is 48.5 Å². The Balaban J connectivity index is 1.54. The number of nitrogens with zero attached hydrogens (tertiary/aromatic N) is 6. The number of aromatic amines is 1. The van der Waals surface area contributed by atoms with Crippen molar-refractivity contribution in [2.75, 3.05) is 36.8 Å². The molecule has 0 aliphatic carbocycles. The summed E-state index contributed by atoms with van der Waals surface area (Å²) >= 11 is 0. The Morgan fingerprint density at radius 1 is 1.21 bits per heavy atom. The van der Waals surface area contributed by atoms with Gasteiger partial charge in [0.1, 0.15) is 23.9 Å². The molecule has 0 atom stereocenters. The quantitative estimate of drug-likeness (QED) is 0.635. The number of nitriles is 1. The Hall–Kier alpha value is -3.29. The molecule has 4 heterocycles. The van der Waals surface area contributed by atoms with E-state index in [0.717, 1.165) is 11.4 Å². The minimum absolute atomic E-state index is 0.0445. The van der Waals surface area contributed by atoms with E-state index in [1.807, 2.05) is 12.1 Å². The summed E-state index contributed by atoms with van der Waals surface area (Å²) < 4.78 is 25.8. The molecular formula is C19H19N7O2S. The summed E-state index contributed by atoms with van der Waals surface area (Å²) in [5, 5.41) is 9.99. The molecule has 0 spiro atoms. The van der Waals surface area contributed by atoms with Crippen LogP contribution >= 0.6 is 0 Å². The first-order valence-corrected chi connectivity index (χ1v) is 10.7. The highest BCUT2D eigenvalue weighted by molar-refractivity contribution is 7.89. The van der Waals surface area contributed by atoms with Crippen LogP contribution in [0.3, 0.4) is 0 Å². The van der Waals surface area contributed by atoms with Gasteiger partial charge in [-0.05, 0) is 12.1 Å². The van der Waals surface area contributed by atoms with E-state index >= 15 is 0 Å². The summed E-state index contributed by atoms with van der Waals surface area (Å²) in [6.07, 6.45) is 6.19. The van der Waals surface area contributed by atoms with E-state index in [9.17, 15) is 13.7 Å². The Morgan fingerprint density at radius 3 is 2.66 bits per heavy atom. The van der Waals surface area contributed by atoms with Crippen LogP contribution in [-0.2, 0) is 10.0 Å². The summed E-state index contributed by atoms with van der Waals surface area (Å²) in [5.41, 5.74) is 2.51. The zero-order valence-electron chi connectivity index (χ0n) is 15.6. The minimum atomic E-state index is -3.28. The van der Waals surface area contributed by atoms with Crippen molar-refractivity contribution in [1.29, 1.82) is 5.26 Å². The fraction of sp³-hybridized carbons (Fsp3) is 0.263. The van der Waals surface area contributed by atoms with Crippen molar-refractivity contribution in [1.82, 2.24) is 24.2 Å². The van der Waals surface area contributed by atoms with Gasteiger partial charge in [-0.15, -0.1) is 6.58 Å². The third kappa shape index (κ3) is 3.57. The molecule has 1 fully saturated rings. The summed E-state index contributed by atoms with van der Waals surface area (Å²) in [6, 6.07) is 5.94. The average Bonchev–Trinajstić information content (AvgIpc) is 3.17. The third-order valence-electron chi connectivity index (χ3n) is 4.90. The Bertz CT molecular complexity index is 1190. The molecule has 29 heavy (non-hydrogen) atoms. The van der Waals surface area contributed by atoms with Crippen molar-refractivity contribution in [3.63, 3.8) is 0 Å². The van der Waals surface area contributed by atoms with Gasteiger partial charge in [0.2, 0.25) is 10.0 Å². The smallest absolute Gasteiger partial charge is 0.217 e. The summed E-state index contributed by atoms with van der Waals surface area (Å²) in [5.74, 6) is 0.728. The zero-order chi connectivity index (χ0) is 20.4. The van der Waals surface area contributed by atoms with Crippen LogP contribution in [0, 0.1) is 11.3 Å². The van der Waals surface area contributed by atoms with Gasteiger partial charge in [0, 0.05) is 44.1 Å². The molecule has 148 valence electrons. The maximum absolute atomic E-state index is 12.2. The second-order valence-electron chi connectivity index (χ2n) is 6.62. The highest BCUT2D eigenvalue weighted by atomic mass is 32.2. The van der Waals surface area contributed by atoms with E-state index < -0.39 is 10.0 Å². The average molecular weight is 409 g/mol. The molecule has 1 aliphatic heterocycles. The van der Waals surface area contributed by atoms with Crippen molar-refractivity contribution in [2.45, 2.75) is 0 Å². The second-order valence-corrected chi connectivity index (χ2v) is 8.63. The summed E-state index contributed by atoms with van der Waals surface area (Å²) in [4.78, 5) is 18.1. The van der Waals surface area contributed by atoms with Gasteiger partial charge in [0.05, 0.1) is 22.4 Å². The number of rotatable bonds is 5. The maximum atomic E-state index is 12.2. The Labute approximate surface area is 168 Å². The van der Waals surface area contributed by atoms with E-state index in [2.05, 4.69) is 37.5 Å². The number of aromatic nitrogens is 4. The molecule has 3 aromatic heterocycles. The number of hydrogen-bond donors (Lipinski definition) is 1. The van der Waals surface area contributed by atoms with Crippen molar-refractivity contribution >= 4 is 26.9 Å². The molecule has 1 saturated heterocycles. The van der Waals surface area contributed by atoms with Crippen molar-refractivity contribution in [2.24, 2.45) is 0 Å². The molecule has 0 bridgehead atoms. The molecule has 9 nitrogen and oxygen atoms in total. The van der Waals surface area contributed by atoms with Gasteiger partial charge in [-0.1, -0.05) is 6.08 Å². The number of pyridine rings is 1. The molecule has 0 amide bonds. The van der Waals surface area contributed by atoms with Crippen LogP contribution in [0.4, 0.5) is 5.82 Å². The van der Waals surface area contributed by atoms with Gasteiger partial charge in [-0.3, -0.25) is 0 Å². The monoisotopic (exact) mass is 409 g/mol. The number of sulfonamides is 1. The van der Waals surface area contributed by atoms with Gasteiger partial charge < -0.3 is 9.88 Å². The van der Waals surface area contributed by atoms with Gasteiger partial charge >= 0.3 is 0 Å². The summed E-state index contributed by atoms with van der Waals surface area (Å²) in [7, 11) is -3.28. The van der Waals surface area contributed by atoms with E-state index in [4.69, 9.17) is 0 Å². The van der Waals surface area contributed by atoms with Gasteiger partial charge in [0.25, 0.3) is 0 Å². The molecule has 0 saturated carbocycles. The predicted octanol–water partition coefficient (Wildman–Crippen LogP) is 1.53. The van der Waals surface area contributed by atoms with Gasteiger partial charge in [0.15, 0.2) is 0 Å². The Morgan fingerprint density at radius 2 is 2.00 bits per heavy atom. The second kappa shape index (κ2) is 7.62. The number of H-pyrrole nitrogens is 1. The first-order chi connectivity index (χ1) is 14.0. The molecule has 3 aromatic rings. The number of anilines is 1. The van der Waals surface area contributed by atoms with Crippen LogP contribution in [-0.4, -0.2) is 64.6 Å². The van der Waals surface area contributed by atoms with Crippen molar-refractivity contribution in [3.05, 3.63) is 49.1 Å². The van der Waals surface area contributed by atoms with Crippen LogP contribution in [0.25, 0.3) is 22.3 Å². The fourth-order valence-corrected chi connectivity index (χ4v) is 4.66. The van der Waals surface area contributed by atoms with Gasteiger partial charge in [-0.25, -0.2) is 23.4 Å². The zero-order valence-corrected chi connectivity index (χ0v) is 16.4. The first kappa shape index (κ1) is 19.0. The molecule has 0 aromatic carbocycles. The van der Waals surface area contributed by atoms with E-state index in [-0.39, 0.29) is 5.75 Å². The number of fused-ring (bicyclic) bond motifs is 1. The van der Waals surface area contributed by atoms with E-state index in [1.165, 1.54) is 16.7 Å². The molecule has 0 radical (unpaired) electrons. The standard InChI is InChI=1S/C19H19N7O2S/c1-2-9-29(27,28)26-7-5-25(6-8-26)16-4-3-14(11-21-16)18-17-15(10-20)12-22-19(17)24-13-23-18/h2-4,11-13H,1,5-9H2,(H,22,23,24). The molecule has 0 unspecified atom stereocenters. The SMILES string of the molecule is C=CCS(=O)(=O)N1CCN(c2ccc(-c3ncnc4[nH]cc(C#N)c34)cn2)CC1. The van der Waals surface area contributed by atoms with Crippen LogP contribution in [0.15, 0.2) is 43.5 Å². The third-order valence-corrected chi connectivity index (χ3v) is 6.70. The van der Waals surface area contributed by atoms with Crippen molar-refractivity contribution < 1.29 is 8.42 Å². The Kier molecular flexibility index (Phi) is 5.00. The lowest BCUT2D eigenvalue weighted by atomic mass is 10.1. The minimum Gasteiger partial charge on any atom is -0.354 e. The van der Waals surface area contributed by atoms with Crippen LogP contribution in [0.1, 0.15) is 5.56 Å². The number of piperazine rings is 1. The highest BCUT2D eigenvalue weighted by Crippen LogP contribution is 2.28. The van der Waals surface area contributed by atoms with Gasteiger partial charge in [-0.2, -0.15) is 9.57 Å². The predicted molar refractivity (Wildman–Crippen MR) is 110 cm³/mol. The molecular weight excluding hydrogens is 390 g/mol. The normalized spacial score (nSPS) is 15.3. The maximum Gasteiger partial charge on any atom is 0.217 e. The topological polar surface area (TPSA) is 119 Å². The molecule has 1 aliphatic rings. The van der Waals surface area contributed by atoms with Crippen LogP contribution < -0.4 is 4.90 Å². The molecule has 4 rings (SSSR count). The van der Waals surface area contributed by atoms with Crippen LogP contribution in [0.5, 0.6) is 0 Å². The van der Waals surface area contributed by atoms with Crippen molar-refractivity contribution in [3.8, 4) is 17.3 Å². The summed E-state index contributed by atoms with van der Waals surface area (Å²) in [6.45, 7) is 5.48. The van der Waals surface area contributed by atoms with Crippen LogP contribution in [0.2, 0.25) is 0 Å². The molecule has 1 N–H and O–H groups in total. The first-order valence-electron chi connectivity index (χ1n) is 9.06. The lowest BCUT2D eigenvalue weighted by molar-refractivity contribution is 0.385. The fourth-order valence-electron chi connectivity index (χ4n) is 3.43. The number of nitrogens with one attached hydrogen (secondary N) is 1.